The highest BCUT2D eigenvalue weighted by Gasteiger charge is 2.23. The van der Waals surface area contributed by atoms with Crippen molar-refractivity contribution in [2.75, 3.05) is 19.9 Å². The molecular formula is C9H17NO. The number of rotatable bonds is 0. The van der Waals surface area contributed by atoms with Crippen molar-refractivity contribution >= 4 is 0 Å². The maximum absolute atomic E-state index is 5.49. The van der Waals surface area contributed by atoms with Crippen molar-refractivity contribution in [3.8, 4) is 0 Å². The molecule has 2 fully saturated rings. The van der Waals surface area contributed by atoms with Crippen molar-refractivity contribution in [1.82, 2.24) is 4.90 Å². The van der Waals surface area contributed by atoms with Gasteiger partial charge in [-0.3, -0.25) is 4.90 Å². The Labute approximate surface area is 68.5 Å². The molecule has 0 N–H and O–H groups in total. The lowest BCUT2D eigenvalue weighted by Crippen LogP contribution is -2.39. The first-order valence-corrected chi connectivity index (χ1v) is 4.78. The Bertz CT molecular complexity index is 113. The maximum Gasteiger partial charge on any atom is 0.0992 e. The molecule has 0 bridgehead atoms. The first-order valence-electron chi connectivity index (χ1n) is 4.78. The average molecular weight is 155 g/mol. The number of ether oxygens (including phenoxy) is 1. The van der Waals surface area contributed by atoms with Crippen molar-refractivity contribution in [2.24, 2.45) is 0 Å². The Balaban J connectivity index is 1.93. The van der Waals surface area contributed by atoms with E-state index in [1.54, 1.807) is 0 Å². The lowest BCUT2D eigenvalue weighted by atomic mass is 9.99. The van der Waals surface area contributed by atoms with Crippen LogP contribution < -0.4 is 0 Å². The van der Waals surface area contributed by atoms with Crippen LogP contribution in [-0.4, -0.2) is 30.8 Å². The highest BCUT2D eigenvalue weighted by molar-refractivity contribution is 4.76. The minimum absolute atomic E-state index is 0.853. The van der Waals surface area contributed by atoms with Gasteiger partial charge in [-0.25, -0.2) is 0 Å². The van der Waals surface area contributed by atoms with Gasteiger partial charge in [0, 0.05) is 19.2 Å². The van der Waals surface area contributed by atoms with Crippen LogP contribution >= 0.6 is 0 Å². The number of hydrogen-bond donors (Lipinski definition) is 0. The van der Waals surface area contributed by atoms with Crippen LogP contribution in [0.2, 0.25) is 0 Å². The maximum atomic E-state index is 5.49. The summed E-state index contributed by atoms with van der Waals surface area (Å²) in [6.45, 7) is 3.14. The van der Waals surface area contributed by atoms with Gasteiger partial charge in [-0.1, -0.05) is 6.42 Å². The van der Waals surface area contributed by atoms with Crippen LogP contribution in [-0.2, 0) is 4.74 Å². The van der Waals surface area contributed by atoms with Gasteiger partial charge in [0.15, 0.2) is 0 Å². The van der Waals surface area contributed by atoms with Gasteiger partial charge in [0.2, 0.25) is 0 Å². The molecule has 0 aromatic carbocycles. The molecule has 11 heavy (non-hydrogen) atoms. The SMILES string of the molecule is C1CCN2COCCC[C@H]2C1. The fourth-order valence-electron chi connectivity index (χ4n) is 2.16. The molecule has 0 aromatic rings. The van der Waals surface area contributed by atoms with E-state index < -0.39 is 0 Å². The predicted octanol–water partition coefficient (Wildman–Crippen LogP) is 1.61. The van der Waals surface area contributed by atoms with Gasteiger partial charge >= 0.3 is 0 Å². The smallest absolute Gasteiger partial charge is 0.0992 e. The van der Waals surface area contributed by atoms with E-state index in [0.717, 1.165) is 19.4 Å². The monoisotopic (exact) mass is 155 g/mol. The standard InChI is InChI=1S/C9H17NO/c1-2-6-10-8-11-7-3-5-9(10)4-1/h9H,1-8H2/t9-/m1/s1. The molecule has 2 rings (SSSR count). The molecule has 2 aliphatic rings. The zero-order valence-electron chi connectivity index (χ0n) is 7.09. The van der Waals surface area contributed by atoms with E-state index in [1.807, 2.05) is 0 Å². The van der Waals surface area contributed by atoms with Gasteiger partial charge in [0.25, 0.3) is 0 Å². The van der Waals surface area contributed by atoms with Crippen LogP contribution in [0, 0.1) is 0 Å². The van der Waals surface area contributed by atoms with Crippen molar-refractivity contribution in [2.45, 2.75) is 38.1 Å². The second kappa shape index (κ2) is 3.55. The molecule has 0 radical (unpaired) electrons. The molecule has 0 aromatic heterocycles. The first-order chi connectivity index (χ1) is 5.47. The summed E-state index contributed by atoms with van der Waals surface area (Å²) in [7, 11) is 0. The molecule has 64 valence electrons. The molecule has 2 nitrogen and oxygen atoms in total. The molecule has 1 atom stereocenters. The Morgan fingerprint density at radius 2 is 2.00 bits per heavy atom. The third-order valence-electron chi connectivity index (χ3n) is 2.83. The Morgan fingerprint density at radius 3 is 3.00 bits per heavy atom. The molecule has 2 saturated heterocycles. The second-order valence-electron chi connectivity index (χ2n) is 3.64. The highest BCUT2D eigenvalue weighted by Crippen LogP contribution is 2.22. The molecule has 0 aliphatic carbocycles. The van der Waals surface area contributed by atoms with Crippen LogP contribution in [0.4, 0.5) is 0 Å². The van der Waals surface area contributed by atoms with Crippen LogP contribution in [0.15, 0.2) is 0 Å². The second-order valence-corrected chi connectivity index (χ2v) is 3.64. The summed E-state index contributed by atoms with van der Waals surface area (Å²) in [5, 5.41) is 0. The van der Waals surface area contributed by atoms with Gasteiger partial charge in [0.05, 0.1) is 6.73 Å². The van der Waals surface area contributed by atoms with E-state index in [9.17, 15) is 0 Å². The number of piperidine rings is 1. The summed E-state index contributed by atoms with van der Waals surface area (Å²) in [6, 6.07) is 0.853. The third kappa shape index (κ3) is 1.74. The highest BCUT2D eigenvalue weighted by atomic mass is 16.5. The van der Waals surface area contributed by atoms with E-state index >= 15 is 0 Å². The van der Waals surface area contributed by atoms with Crippen LogP contribution in [0.3, 0.4) is 0 Å². The normalized spacial score (nSPS) is 34.4. The minimum Gasteiger partial charge on any atom is -0.366 e. The lowest BCUT2D eigenvalue weighted by Gasteiger charge is -2.33. The summed E-state index contributed by atoms with van der Waals surface area (Å²) in [5.74, 6) is 0. The van der Waals surface area contributed by atoms with E-state index in [0.29, 0.717) is 0 Å². The van der Waals surface area contributed by atoms with E-state index in [4.69, 9.17) is 4.74 Å². The summed E-state index contributed by atoms with van der Waals surface area (Å²) in [6.07, 6.45) is 6.84. The summed E-state index contributed by atoms with van der Waals surface area (Å²) >= 11 is 0. The van der Waals surface area contributed by atoms with Crippen molar-refractivity contribution in [1.29, 1.82) is 0 Å². The third-order valence-corrected chi connectivity index (χ3v) is 2.83. The minimum atomic E-state index is 0.853. The summed E-state index contributed by atoms with van der Waals surface area (Å²) in [4.78, 5) is 2.51. The zero-order valence-corrected chi connectivity index (χ0v) is 7.09. The van der Waals surface area contributed by atoms with Crippen molar-refractivity contribution < 1.29 is 4.74 Å². The van der Waals surface area contributed by atoms with Crippen LogP contribution in [0.5, 0.6) is 0 Å². The quantitative estimate of drug-likeness (QED) is 0.527. The Hall–Kier alpha value is -0.0800. The molecule has 0 amide bonds. The van der Waals surface area contributed by atoms with Crippen LogP contribution in [0.1, 0.15) is 32.1 Å². The van der Waals surface area contributed by atoms with Gasteiger partial charge < -0.3 is 4.74 Å². The van der Waals surface area contributed by atoms with Gasteiger partial charge in [-0.05, 0) is 25.7 Å². The topological polar surface area (TPSA) is 12.5 Å². The summed E-state index contributed by atoms with van der Waals surface area (Å²) < 4.78 is 5.49. The lowest BCUT2D eigenvalue weighted by molar-refractivity contribution is 0.0156. The van der Waals surface area contributed by atoms with Gasteiger partial charge in [0.1, 0.15) is 0 Å². The Morgan fingerprint density at radius 1 is 1.09 bits per heavy atom. The molecular weight excluding hydrogens is 138 g/mol. The van der Waals surface area contributed by atoms with Crippen LogP contribution in [0.25, 0.3) is 0 Å². The van der Waals surface area contributed by atoms with E-state index in [1.165, 1.54) is 38.6 Å². The molecule has 0 unspecified atom stereocenters. The molecule has 2 heteroatoms. The number of nitrogens with zero attached hydrogens (tertiary/aromatic N) is 1. The average Bonchev–Trinajstić information content (AvgIpc) is 2.28. The molecule has 0 saturated carbocycles. The molecule has 0 spiro atoms. The van der Waals surface area contributed by atoms with Gasteiger partial charge in [-0.2, -0.15) is 0 Å². The molecule has 2 heterocycles. The first kappa shape index (κ1) is 7.56. The fraction of sp³-hybridized carbons (Fsp3) is 1.00. The molecule has 2 aliphatic heterocycles. The van der Waals surface area contributed by atoms with Crippen molar-refractivity contribution in [3.05, 3.63) is 0 Å². The largest absolute Gasteiger partial charge is 0.366 e. The fourth-order valence-corrected chi connectivity index (χ4v) is 2.16. The summed E-state index contributed by atoms with van der Waals surface area (Å²) in [5.41, 5.74) is 0. The zero-order chi connectivity index (χ0) is 7.52. The van der Waals surface area contributed by atoms with Gasteiger partial charge in [-0.15, -0.1) is 0 Å². The predicted molar refractivity (Wildman–Crippen MR) is 44.4 cm³/mol. The number of fused-ring (bicyclic) bond motifs is 1. The van der Waals surface area contributed by atoms with E-state index in [2.05, 4.69) is 4.90 Å². The van der Waals surface area contributed by atoms with E-state index in [-0.39, 0.29) is 0 Å². The van der Waals surface area contributed by atoms with Crippen molar-refractivity contribution in [3.63, 3.8) is 0 Å². The Kier molecular flexibility index (Phi) is 2.44. The number of hydrogen-bond acceptors (Lipinski definition) is 2.